The van der Waals surface area contributed by atoms with Gasteiger partial charge in [0.15, 0.2) is 0 Å². The molecule has 1 aromatic heterocycles. The molecule has 0 amide bonds. The third-order valence-corrected chi connectivity index (χ3v) is 3.69. The Kier molecular flexibility index (Phi) is 3.04. The van der Waals surface area contributed by atoms with Crippen molar-refractivity contribution >= 4 is 0 Å². The lowest BCUT2D eigenvalue weighted by Gasteiger charge is -2.34. The third kappa shape index (κ3) is 2.53. The quantitative estimate of drug-likeness (QED) is 0.781. The normalized spacial score (nSPS) is 30.5. The molecule has 96 valence electrons. The van der Waals surface area contributed by atoms with Gasteiger partial charge in [-0.3, -0.25) is 4.68 Å². The van der Waals surface area contributed by atoms with Crippen LogP contribution in [0, 0.1) is 0 Å². The van der Waals surface area contributed by atoms with E-state index in [2.05, 4.69) is 32.1 Å². The van der Waals surface area contributed by atoms with Gasteiger partial charge in [-0.05, 0) is 46.5 Å². The molecule has 0 bridgehead atoms. The van der Waals surface area contributed by atoms with Crippen LogP contribution >= 0.6 is 0 Å². The highest BCUT2D eigenvalue weighted by atomic mass is 16.3. The van der Waals surface area contributed by atoms with Crippen LogP contribution in [0.5, 0.6) is 0 Å². The van der Waals surface area contributed by atoms with Gasteiger partial charge in [0, 0.05) is 17.3 Å². The third-order valence-electron chi connectivity index (χ3n) is 3.69. The van der Waals surface area contributed by atoms with Crippen molar-refractivity contribution in [1.82, 2.24) is 9.78 Å². The molecular formula is C13H23N3O. The van der Waals surface area contributed by atoms with Gasteiger partial charge in [-0.25, -0.2) is 0 Å². The van der Waals surface area contributed by atoms with E-state index in [9.17, 15) is 5.11 Å². The van der Waals surface area contributed by atoms with Gasteiger partial charge in [-0.1, -0.05) is 0 Å². The van der Waals surface area contributed by atoms with Crippen molar-refractivity contribution in [1.29, 1.82) is 0 Å². The Labute approximate surface area is 103 Å². The fourth-order valence-electron chi connectivity index (χ4n) is 2.35. The molecular weight excluding hydrogens is 214 g/mol. The Morgan fingerprint density at radius 1 is 1.41 bits per heavy atom. The van der Waals surface area contributed by atoms with Crippen LogP contribution < -0.4 is 5.73 Å². The maximum Gasteiger partial charge on any atom is 0.0543 e. The molecule has 2 rings (SSSR count). The predicted octanol–water partition coefficient (Wildman–Crippen LogP) is 1.73. The second-order valence-electron chi connectivity index (χ2n) is 6.23. The van der Waals surface area contributed by atoms with Gasteiger partial charge in [0.1, 0.15) is 0 Å². The number of rotatable bonds is 1. The van der Waals surface area contributed by atoms with Crippen molar-refractivity contribution in [2.45, 2.75) is 63.6 Å². The molecule has 4 nitrogen and oxygen atoms in total. The largest absolute Gasteiger partial charge is 0.393 e. The molecule has 0 aromatic carbocycles. The van der Waals surface area contributed by atoms with E-state index >= 15 is 0 Å². The standard InChI is InChI=1S/C13H23N3O/c1-12(2,3)16-9-10(8-15-16)13(14)6-4-11(17)5-7-13/h8-9,11,17H,4-7,14H2,1-3H3. The van der Waals surface area contributed by atoms with Crippen LogP contribution in [0.1, 0.15) is 52.0 Å². The highest BCUT2D eigenvalue weighted by molar-refractivity contribution is 5.19. The van der Waals surface area contributed by atoms with E-state index in [4.69, 9.17) is 5.73 Å². The van der Waals surface area contributed by atoms with Gasteiger partial charge in [0.05, 0.1) is 17.8 Å². The summed E-state index contributed by atoms with van der Waals surface area (Å²) in [5.74, 6) is 0. The summed E-state index contributed by atoms with van der Waals surface area (Å²) in [5, 5.41) is 13.9. The van der Waals surface area contributed by atoms with Crippen LogP contribution in [-0.4, -0.2) is 21.0 Å². The summed E-state index contributed by atoms with van der Waals surface area (Å²) in [6, 6.07) is 0. The molecule has 3 N–H and O–H groups in total. The first-order chi connectivity index (χ1) is 7.81. The topological polar surface area (TPSA) is 64.1 Å². The summed E-state index contributed by atoms with van der Waals surface area (Å²) < 4.78 is 1.96. The summed E-state index contributed by atoms with van der Waals surface area (Å²) in [6.07, 6.45) is 7.01. The van der Waals surface area contributed by atoms with Crippen LogP contribution in [0.15, 0.2) is 12.4 Å². The number of hydrogen-bond donors (Lipinski definition) is 2. The fourth-order valence-corrected chi connectivity index (χ4v) is 2.35. The van der Waals surface area contributed by atoms with Gasteiger partial charge in [0.2, 0.25) is 0 Å². The molecule has 0 atom stereocenters. The molecule has 1 fully saturated rings. The monoisotopic (exact) mass is 237 g/mol. The van der Waals surface area contributed by atoms with Gasteiger partial charge in [0.25, 0.3) is 0 Å². The van der Waals surface area contributed by atoms with E-state index in [0.717, 1.165) is 31.2 Å². The molecule has 0 radical (unpaired) electrons. The Bertz CT molecular complexity index is 384. The molecule has 1 saturated carbocycles. The molecule has 17 heavy (non-hydrogen) atoms. The molecule has 1 aromatic rings. The Hall–Kier alpha value is -0.870. The first kappa shape index (κ1) is 12.6. The van der Waals surface area contributed by atoms with E-state index in [1.165, 1.54) is 0 Å². The fraction of sp³-hybridized carbons (Fsp3) is 0.769. The summed E-state index contributed by atoms with van der Waals surface area (Å²) in [5.41, 5.74) is 7.22. The van der Waals surface area contributed by atoms with E-state index in [0.29, 0.717) is 0 Å². The molecule has 0 spiro atoms. The zero-order chi connectivity index (χ0) is 12.7. The minimum Gasteiger partial charge on any atom is -0.393 e. The van der Waals surface area contributed by atoms with Crippen molar-refractivity contribution in [3.63, 3.8) is 0 Å². The summed E-state index contributed by atoms with van der Waals surface area (Å²) in [6.45, 7) is 6.37. The summed E-state index contributed by atoms with van der Waals surface area (Å²) in [4.78, 5) is 0. The zero-order valence-electron chi connectivity index (χ0n) is 11.0. The van der Waals surface area contributed by atoms with Crippen LogP contribution in [0.25, 0.3) is 0 Å². The molecule has 4 heteroatoms. The van der Waals surface area contributed by atoms with Crippen molar-refractivity contribution < 1.29 is 5.11 Å². The minimum absolute atomic E-state index is 0.0111. The second-order valence-corrected chi connectivity index (χ2v) is 6.23. The van der Waals surface area contributed by atoms with Gasteiger partial charge in [-0.2, -0.15) is 5.10 Å². The first-order valence-electron chi connectivity index (χ1n) is 6.34. The van der Waals surface area contributed by atoms with Gasteiger partial charge in [-0.15, -0.1) is 0 Å². The number of aliphatic hydroxyl groups is 1. The maximum absolute atomic E-state index is 9.55. The van der Waals surface area contributed by atoms with E-state index in [-0.39, 0.29) is 17.2 Å². The highest BCUT2D eigenvalue weighted by Gasteiger charge is 2.34. The van der Waals surface area contributed by atoms with Crippen LogP contribution in [0.3, 0.4) is 0 Å². The Balaban J connectivity index is 2.20. The lowest BCUT2D eigenvalue weighted by atomic mass is 9.77. The van der Waals surface area contributed by atoms with E-state index < -0.39 is 0 Å². The average molecular weight is 237 g/mol. The Morgan fingerprint density at radius 2 is 2.00 bits per heavy atom. The SMILES string of the molecule is CC(C)(C)n1cc(C2(N)CCC(O)CC2)cn1. The molecule has 1 aliphatic rings. The number of hydrogen-bond acceptors (Lipinski definition) is 3. The van der Waals surface area contributed by atoms with Crippen molar-refractivity contribution in [3.05, 3.63) is 18.0 Å². The van der Waals surface area contributed by atoms with Crippen molar-refractivity contribution in [2.24, 2.45) is 5.73 Å². The molecule has 0 unspecified atom stereocenters. The lowest BCUT2D eigenvalue weighted by Crippen LogP contribution is -2.41. The van der Waals surface area contributed by atoms with Crippen LogP contribution in [0.2, 0.25) is 0 Å². The smallest absolute Gasteiger partial charge is 0.0543 e. The summed E-state index contributed by atoms with van der Waals surface area (Å²) >= 11 is 0. The average Bonchev–Trinajstić information content (AvgIpc) is 2.72. The first-order valence-corrected chi connectivity index (χ1v) is 6.34. The van der Waals surface area contributed by atoms with E-state index in [1.54, 1.807) is 0 Å². The second kappa shape index (κ2) is 4.10. The number of aliphatic hydroxyl groups excluding tert-OH is 1. The van der Waals surface area contributed by atoms with Crippen molar-refractivity contribution in [2.75, 3.05) is 0 Å². The number of aromatic nitrogens is 2. The molecule has 0 saturated heterocycles. The van der Waals surface area contributed by atoms with E-state index in [1.807, 2.05) is 10.9 Å². The maximum atomic E-state index is 9.55. The Morgan fingerprint density at radius 3 is 2.47 bits per heavy atom. The van der Waals surface area contributed by atoms with Crippen molar-refractivity contribution in [3.8, 4) is 0 Å². The zero-order valence-corrected chi connectivity index (χ0v) is 11.0. The molecule has 1 aliphatic carbocycles. The number of nitrogens with two attached hydrogens (primary N) is 1. The van der Waals surface area contributed by atoms with Gasteiger partial charge < -0.3 is 10.8 Å². The van der Waals surface area contributed by atoms with Crippen LogP contribution in [0.4, 0.5) is 0 Å². The molecule has 1 heterocycles. The lowest BCUT2D eigenvalue weighted by molar-refractivity contribution is 0.0968. The minimum atomic E-state index is -0.303. The van der Waals surface area contributed by atoms with Gasteiger partial charge >= 0.3 is 0 Å². The predicted molar refractivity (Wildman–Crippen MR) is 67.6 cm³/mol. The summed E-state index contributed by atoms with van der Waals surface area (Å²) in [7, 11) is 0. The molecule has 0 aliphatic heterocycles. The highest BCUT2D eigenvalue weighted by Crippen LogP contribution is 2.35. The number of nitrogens with zero attached hydrogens (tertiary/aromatic N) is 2. The van der Waals surface area contributed by atoms with Crippen LogP contribution in [-0.2, 0) is 11.1 Å².